The number of aliphatic hydroxyl groups is 1. The molecule has 1 aromatic rings. The van der Waals surface area contributed by atoms with Gasteiger partial charge in [0.15, 0.2) is 0 Å². The zero-order valence-electron chi connectivity index (χ0n) is 11.4. The molecule has 0 aliphatic carbocycles. The van der Waals surface area contributed by atoms with Gasteiger partial charge in [0.2, 0.25) is 0 Å². The van der Waals surface area contributed by atoms with Crippen LogP contribution < -0.4 is 4.90 Å². The molecule has 1 aliphatic rings. The van der Waals surface area contributed by atoms with Crippen molar-refractivity contribution in [3.05, 3.63) is 23.4 Å². The maximum Gasteiger partial charge on any atom is 0.339 e. The number of aryl methyl sites for hydroxylation is 1. The molecule has 5 nitrogen and oxygen atoms in total. The van der Waals surface area contributed by atoms with Gasteiger partial charge >= 0.3 is 5.97 Å². The summed E-state index contributed by atoms with van der Waals surface area (Å²) in [5.41, 5.74) is 1.20. The summed E-state index contributed by atoms with van der Waals surface area (Å²) in [5, 5.41) is 9.13. The zero-order valence-corrected chi connectivity index (χ0v) is 11.4. The van der Waals surface area contributed by atoms with Crippen molar-refractivity contribution in [1.29, 1.82) is 0 Å². The van der Waals surface area contributed by atoms with Crippen LogP contribution in [0.2, 0.25) is 0 Å². The SMILES string of the molecule is COC(=O)c1ccc(N2CCC(CO)CC2)nc1C. The van der Waals surface area contributed by atoms with E-state index in [0.717, 1.165) is 31.7 Å². The van der Waals surface area contributed by atoms with E-state index in [1.165, 1.54) is 7.11 Å². The third-order valence-electron chi connectivity index (χ3n) is 3.67. The summed E-state index contributed by atoms with van der Waals surface area (Å²) in [4.78, 5) is 18.2. The molecule has 1 fully saturated rings. The Morgan fingerprint density at radius 1 is 1.47 bits per heavy atom. The topological polar surface area (TPSA) is 62.7 Å². The molecular formula is C14H20N2O3. The number of aliphatic hydroxyl groups excluding tert-OH is 1. The van der Waals surface area contributed by atoms with Gasteiger partial charge < -0.3 is 14.7 Å². The molecule has 1 saturated heterocycles. The third-order valence-corrected chi connectivity index (χ3v) is 3.67. The molecule has 0 unspecified atom stereocenters. The molecule has 1 N–H and O–H groups in total. The number of nitrogens with zero attached hydrogens (tertiary/aromatic N) is 2. The number of anilines is 1. The van der Waals surface area contributed by atoms with Gasteiger partial charge in [-0.1, -0.05) is 0 Å². The highest BCUT2D eigenvalue weighted by Crippen LogP contribution is 2.22. The zero-order chi connectivity index (χ0) is 13.8. The number of aromatic nitrogens is 1. The maximum atomic E-state index is 11.5. The number of piperidine rings is 1. The quantitative estimate of drug-likeness (QED) is 0.836. The van der Waals surface area contributed by atoms with Crippen LogP contribution in [-0.4, -0.2) is 42.9 Å². The molecule has 0 saturated carbocycles. The van der Waals surface area contributed by atoms with Crippen molar-refractivity contribution in [3.8, 4) is 0 Å². The summed E-state index contributed by atoms with van der Waals surface area (Å²) in [5.74, 6) is 0.948. The molecule has 0 atom stereocenters. The summed E-state index contributed by atoms with van der Waals surface area (Å²) in [7, 11) is 1.37. The average Bonchev–Trinajstić information content (AvgIpc) is 2.46. The highest BCUT2D eigenvalue weighted by Gasteiger charge is 2.20. The van der Waals surface area contributed by atoms with Gasteiger partial charge in [-0.15, -0.1) is 0 Å². The number of pyridine rings is 1. The molecule has 0 spiro atoms. The number of hydrogen-bond acceptors (Lipinski definition) is 5. The van der Waals surface area contributed by atoms with Gasteiger partial charge in [0.25, 0.3) is 0 Å². The molecule has 0 amide bonds. The number of methoxy groups -OCH3 is 1. The van der Waals surface area contributed by atoms with Gasteiger partial charge in [-0.05, 0) is 37.8 Å². The Morgan fingerprint density at radius 2 is 2.16 bits per heavy atom. The van der Waals surface area contributed by atoms with Crippen LogP contribution in [0, 0.1) is 12.8 Å². The number of rotatable bonds is 3. The predicted octanol–water partition coefficient (Wildman–Crippen LogP) is 1.39. The van der Waals surface area contributed by atoms with E-state index in [0.29, 0.717) is 17.2 Å². The van der Waals surface area contributed by atoms with Crippen molar-refractivity contribution in [2.75, 3.05) is 31.7 Å². The first-order valence-electron chi connectivity index (χ1n) is 6.57. The predicted molar refractivity (Wildman–Crippen MR) is 72.3 cm³/mol. The van der Waals surface area contributed by atoms with Crippen molar-refractivity contribution < 1.29 is 14.6 Å². The fraction of sp³-hybridized carbons (Fsp3) is 0.571. The molecular weight excluding hydrogens is 244 g/mol. The van der Waals surface area contributed by atoms with Crippen molar-refractivity contribution in [2.45, 2.75) is 19.8 Å². The van der Waals surface area contributed by atoms with Crippen LogP contribution in [0.3, 0.4) is 0 Å². The van der Waals surface area contributed by atoms with E-state index in [2.05, 4.69) is 9.88 Å². The monoisotopic (exact) mass is 264 g/mol. The lowest BCUT2D eigenvalue weighted by Crippen LogP contribution is -2.35. The summed E-state index contributed by atoms with van der Waals surface area (Å²) in [6, 6.07) is 3.63. The molecule has 1 aliphatic heterocycles. The third kappa shape index (κ3) is 3.04. The fourth-order valence-electron chi connectivity index (χ4n) is 2.39. The van der Waals surface area contributed by atoms with Crippen LogP contribution >= 0.6 is 0 Å². The van der Waals surface area contributed by atoms with Crippen molar-refractivity contribution in [3.63, 3.8) is 0 Å². The Balaban J connectivity index is 2.10. The highest BCUT2D eigenvalue weighted by atomic mass is 16.5. The fourth-order valence-corrected chi connectivity index (χ4v) is 2.39. The van der Waals surface area contributed by atoms with Crippen LogP contribution in [0.1, 0.15) is 28.9 Å². The number of carbonyl (C=O) groups excluding carboxylic acids is 1. The first-order chi connectivity index (χ1) is 9.15. The van der Waals surface area contributed by atoms with Crippen LogP contribution in [0.4, 0.5) is 5.82 Å². The Kier molecular flexibility index (Phi) is 4.37. The number of esters is 1. The Labute approximate surface area is 113 Å². The standard InChI is InChI=1S/C14H20N2O3/c1-10-12(14(18)19-2)3-4-13(15-10)16-7-5-11(9-17)6-8-16/h3-4,11,17H,5-9H2,1-2H3. The molecule has 0 aromatic carbocycles. The van der Waals surface area contributed by atoms with E-state index in [9.17, 15) is 4.79 Å². The smallest absolute Gasteiger partial charge is 0.339 e. The van der Waals surface area contributed by atoms with Crippen molar-refractivity contribution in [1.82, 2.24) is 4.98 Å². The molecule has 19 heavy (non-hydrogen) atoms. The minimum atomic E-state index is -0.351. The van der Waals surface area contributed by atoms with Crippen molar-refractivity contribution in [2.24, 2.45) is 5.92 Å². The van der Waals surface area contributed by atoms with E-state index in [1.54, 1.807) is 6.07 Å². The van der Waals surface area contributed by atoms with E-state index < -0.39 is 0 Å². The minimum Gasteiger partial charge on any atom is -0.465 e. The van der Waals surface area contributed by atoms with E-state index in [-0.39, 0.29) is 12.6 Å². The van der Waals surface area contributed by atoms with Crippen LogP contribution in [0.25, 0.3) is 0 Å². The summed E-state index contributed by atoms with van der Waals surface area (Å²) < 4.78 is 4.71. The lowest BCUT2D eigenvalue weighted by Gasteiger charge is -2.32. The Hall–Kier alpha value is -1.62. The molecule has 2 rings (SSSR count). The molecule has 2 heterocycles. The van der Waals surface area contributed by atoms with E-state index >= 15 is 0 Å². The number of ether oxygens (including phenoxy) is 1. The second-order valence-electron chi connectivity index (χ2n) is 4.91. The van der Waals surface area contributed by atoms with Gasteiger partial charge in [0.1, 0.15) is 5.82 Å². The number of hydrogen-bond donors (Lipinski definition) is 1. The molecule has 0 radical (unpaired) electrons. The first kappa shape index (κ1) is 13.8. The summed E-state index contributed by atoms with van der Waals surface area (Å²) in [6.45, 7) is 3.88. The van der Waals surface area contributed by atoms with Gasteiger partial charge in [0.05, 0.1) is 18.4 Å². The number of carbonyl (C=O) groups is 1. The highest BCUT2D eigenvalue weighted by molar-refractivity contribution is 5.90. The largest absolute Gasteiger partial charge is 0.465 e. The van der Waals surface area contributed by atoms with Gasteiger partial charge in [-0.25, -0.2) is 9.78 Å². The maximum absolute atomic E-state index is 11.5. The average molecular weight is 264 g/mol. The van der Waals surface area contributed by atoms with Crippen LogP contribution in [0.15, 0.2) is 12.1 Å². The lowest BCUT2D eigenvalue weighted by atomic mass is 9.98. The van der Waals surface area contributed by atoms with Gasteiger partial charge in [-0.3, -0.25) is 0 Å². The van der Waals surface area contributed by atoms with Gasteiger partial charge in [-0.2, -0.15) is 0 Å². The first-order valence-corrected chi connectivity index (χ1v) is 6.57. The Bertz CT molecular complexity index is 454. The lowest BCUT2D eigenvalue weighted by molar-refractivity contribution is 0.0599. The van der Waals surface area contributed by atoms with Crippen molar-refractivity contribution >= 4 is 11.8 Å². The normalized spacial score (nSPS) is 16.5. The molecule has 0 bridgehead atoms. The molecule has 1 aromatic heterocycles. The second-order valence-corrected chi connectivity index (χ2v) is 4.91. The Morgan fingerprint density at radius 3 is 2.68 bits per heavy atom. The minimum absolute atomic E-state index is 0.265. The molecule has 5 heteroatoms. The molecule has 104 valence electrons. The summed E-state index contributed by atoms with van der Waals surface area (Å²) in [6.07, 6.45) is 1.96. The van der Waals surface area contributed by atoms with Gasteiger partial charge in [0, 0.05) is 19.7 Å². The van der Waals surface area contributed by atoms with E-state index in [4.69, 9.17) is 9.84 Å². The van der Waals surface area contributed by atoms with Crippen LogP contribution in [0.5, 0.6) is 0 Å². The van der Waals surface area contributed by atoms with Crippen LogP contribution in [-0.2, 0) is 4.74 Å². The summed E-state index contributed by atoms with van der Waals surface area (Å²) >= 11 is 0. The second kappa shape index (κ2) is 6.02. The van der Waals surface area contributed by atoms with E-state index in [1.807, 2.05) is 13.0 Å².